The van der Waals surface area contributed by atoms with Crippen LogP contribution in [-0.4, -0.2) is 45.4 Å². The van der Waals surface area contributed by atoms with Crippen molar-refractivity contribution in [1.82, 2.24) is 10.0 Å². The number of nitrogens with one attached hydrogen (secondary N) is 3. The van der Waals surface area contributed by atoms with Gasteiger partial charge in [0.15, 0.2) is 6.61 Å². The van der Waals surface area contributed by atoms with E-state index in [4.69, 9.17) is 16.3 Å². The van der Waals surface area contributed by atoms with Crippen molar-refractivity contribution in [2.45, 2.75) is 31.2 Å². The molecule has 0 bridgehead atoms. The van der Waals surface area contributed by atoms with E-state index in [1.807, 2.05) is 6.07 Å². The standard InChI is InChI=1S/C21H24ClN3O6S/c1-14(25-32(29,30)19-8-6-18(7-9-19)24-15(2)26)21(28)31-13-20(27)23-11-10-16-4-3-5-17(22)12-16/h3-9,12,14,25H,10-11,13H2,1-2H3,(H,23,27)(H,24,26)/t14-/m1/s1. The second-order valence-corrected chi connectivity index (χ2v) is 9.04. The maximum Gasteiger partial charge on any atom is 0.324 e. The maximum absolute atomic E-state index is 12.4. The second-order valence-electron chi connectivity index (χ2n) is 6.89. The van der Waals surface area contributed by atoms with Crippen LogP contribution in [-0.2, 0) is 35.6 Å². The number of halogens is 1. The normalized spacial score (nSPS) is 12.0. The molecule has 2 aromatic rings. The summed E-state index contributed by atoms with van der Waals surface area (Å²) in [6.07, 6.45) is 0.553. The van der Waals surface area contributed by atoms with Crippen molar-refractivity contribution in [2.75, 3.05) is 18.5 Å². The predicted molar refractivity (Wildman–Crippen MR) is 120 cm³/mol. The molecule has 0 aliphatic carbocycles. The van der Waals surface area contributed by atoms with Crippen molar-refractivity contribution < 1.29 is 27.5 Å². The number of esters is 1. The Labute approximate surface area is 191 Å². The summed E-state index contributed by atoms with van der Waals surface area (Å²) in [7, 11) is -4.01. The van der Waals surface area contributed by atoms with E-state index in [2.05, 4.69) is 15.4 Å². The molecule has 2 rings (SSSR count). The Bertz CT molecular complexity index is 1070. The summed E-state index contributed by atoms with van der Waals surface area (Å²) in [5.41, 5.74) is 1.38. The number of rotatable bonds is 10. The minimum absolute atomic E-state index is 0.0926. The van der Waals surface area contributed by atoms with Gasteiger partial charge < -0.3 is 15.4 Å². The molecule has 2 amide bonds. The number of anilines is 1. The topological polar surface area (TPSA) is 131 Å². The van der Waals surface area contributed by atoms with Crippen molar-refractivity contribution in [3.8, 4) is 0 Å². The molecule has 0 fully saturated rings. The monoisotopic (exact) mass is 481 g/mol. The lowest BCUT2D eigenvalue weighted by atomic mass is 10.1. The molecule has 3 N–H and O–H groups in total. The van der Waals surface area contributed by atoms with Gasteiger partial charge in [-0.2, -0.15) is 4.72 Å². The van der Waals surface area contributed by atoms with Crippen LogP contribution in [0.15, 0.2) is 53.4 Å². The number of amides is 2. The van der Waals surface area contributed by atoms with Gasteiger partial charge in [-0.25, -0.2) is 8.42 Å². The fourth-order valence-electron chi connectivity index (χ4n) is 2.62. The van der Waals surface area contributed by atoms with Crippen LogP contribution in [0.3, 0.4) is 0 Å². The second kappa shape index (κ2) is 11.6. The van der Waals surface area contributed by atoms with Crippen molar-refractivity contribution in [3.05, 3.63) is 59.1 Å². The van der Waals surface area contributed by atoms with Crippen LogP contribution in [0.25, 0.3) is 0 Å². The van der Waals surface area contributed by atoms with Crippen LogP contribution < -0.4 is 15.4 Å². The van der Waals surface area contributed by atoms with Gasteiger partial charge in [-0.15, -0.1) is 0 Å². The first kappa shape index (κ1) is 25.3. The summed E-state index contributed by atoms with van der Waals surface area (Å²) in [6, 6.07) is 11.4. The molecule has 172 valence electrons. The lowest BCUT2D eigenvalue weighted by Crippen LogP contribution is -2.41. The molecule has 0 aliphatic rings. The van der Waals surface area contributed by atoms with Crippen molar-refractivity contribution in [1.29, 1.82) is 0 Å². The SMILES string of the molecule is CC(=O)Nc1ccc(S(=O)(=O)N[C@H](C)C(=O)OCC(=O)NCCc2cccc(Cl)c2)cc1. The number of hydrogen-bond acceptors (Lipinski definition) is 6. The zero-order valence-corrected chi connectivity index (χ0v) is 19.1. The summed E-state index contributed by atoms with van der Waals surface area (Å²) >= 11 is 5.90. The molecule has 1 atom stereocenters. The molecule has 0 saturated heterocycles. The molecule has 9 nitrogen and oxygen atoms in total. The quantitative estimate of drug-likeness (QED) is 0.444. The van der Waals surface area contributed by atoms with E-state index in [0.29, 0.717) is 23.7 Å². The Morgan fingerprint density at radius 1 is 1.09 bits per heavy atom. The van der Waals surface area contributed by atoms with Gasteiger partial charge in [-0.1, -0.05) is 23.7 Å². The Kier molecular flexibility index (Phi) is 9.18. The van der Waals surface area contributed by atoms with Gasteiger partial charge in [0, 0.05) is 24.2 Å². The van der Waals surface area contributed by atoms with Crippen molar-refractivity contribution in [3.63, 3.8) is 0 Å². The van der Waals surface area contributed by atoms with Gasteiger partial charge in [0.2, 0.25) is 15.9 Å². The average Bonchev–Trinajstić information content (AvgIpc) is 2.71. The summed E-state index contributed by atoms with van der Waals surface area (Å²) < 4.78 is 31.9. The zero-order chi connectivity index (χ0) is 23.7. The highest BCUT2D eigenvalue weighted by molar-refractivity contribution is 7.89. The van der Waals surface area contributed by atoms with E-state index in [1.165, 1.54) is 38.1 Å². The van der Waals surface area contributed by atoms with E-state index in [9.17, 15) is 22.8 Å². The Balaban J connectivity index is 1.78. The Morgan fingerprint density at radius 3 is 2.41 bits per heavy atom. The van der Waals surface area contributed by atoms with E-state index < -0.39 is 34.5 Å². The fraction of sp³-hybridized carbons (Fsp3) is 0.286. The number of hydrogen-bond donors (Lipinski definition) is 3. The molecule has 0 saturated carbocycles. The summed E-state index contributed by atoms with van der Waals surface area (Å²) in [6.45, 7) is 2.43. The Morgan fingerprint density at radius 2 is 1.78 bits per heavy atom. The third kappa shape index (κ3) is 8.29. The molecule has 2 aromatic carbocycles. The van der Waals surface area contributed by atoms with Gasteiger partial charge >= 0.3 is 5.97 Å². The number of ether oxygens (including phenoxy) is 1. The molecule has 0 aromatic heterocycles. The number of carbonyl (C=O) groups is 3. The number of sulfonamides is 1. The van der Waals surface area contributed by atoms with Crippen LogP contribution in [0.1, 0.15) is 19.4 Å². The highest BCUT2D eigenvalue weighted by Gasteiger charge is 2.23. The number of carbonyl (C=O) groups excluding carboxylic acids is 3. The molecule has 0 radical (unpaired) electrons. The zero-order valence-electron chi connectivity index (χ0n) is 17.6. The first-order valence-corrected chi connectivity index (χ1v) is 11.5. The van der Waals surface area contributed by atoms with Crippen molar-refractivity contribution >= 4 is 45.1 Å². The minimum atomic E-state index is -4.01. The molecule has 0 aliphatic heterocycles. The smallest absolute Gasteiger partial charge is 0.324 e. The van der Waals surface area contributed by atoms with Gasteiger partial charge in [-0.3, -0.25) is 14.4 Å². The minimum Gasteiger partial charge on any atom is -0.454 e. The molecule has 0 heterocycles. The molecule has 32 heavy (non-hydrogen) atoms. The van der Waals surface area contributed by atoms with Gasteiger partial charge in [-0.05, 0) is 55.3 Å². The van der Waals surface area contributed by atoms with Crippen LogP contribution in [0, 0.1) is 0 Å². The van der Waals surface area contributed by atoms with E-state index in [1.54, 1.807) is 18.2 Å². The first-order chi connectivity index (χ1) is 15.1. The lowest BCUT2D eigenvalue weighted by molar-refractivity contribution is -0.149. The van der Waals surface area contributed by atoms with Gasteiger partial charge in [0.25, 0.3) is 5.91 Å². The van der Waals surface area contributed by atoms with Crippen LogP contribution in [0.4, 0.5) is 5.69 Å². The maximum atomic E-state index is 12.4. The predicted octanol–water partition coefficient (Wildman–Crippen LogP) is 1.87. The highest BCUT2D eigenvalue weighted by Crippen LogP contribution is 2.14. The molecular formula is C21H24ClN3O6S. The molecule has 0 unspecified atom stereocenters. The van der Waals surface area contributed by atoms with E-state index >= 15 is 0 Å². The lowest BCUT2D eigenvalue weighted by Gasteiger charge is -2.14. The third-order valence-corrected chi connectivity index (χ3v) is 5.93. The Hall–Kier alpha value is -2.95. The van der Waals surface area contributed by atoms with Crippen molar-refractivity contribution in [2.24, 2.45) is 0 Å². The van der Waals surface area contributed by atoms with E-state index in [0.717, 1.165) is 5.56 Å². The van der Waals surface area contributed by atoms with Crippen LogP contribution in [0.2, 0.25) is 5.02 Å². The molecule has 11 heteroatoms. The largest absolute Gasteiger partial charge is 0.454 e. The van der Waals surface area contributed by atoms with E-state index in [-0.39, 0.29) is 10.8 Å². The summed E-state index contributed by atoms with van der Waals surface area (Å²) in [4.78, 5) is 34.9. The van der Waals surface area contributed by atoms with Gasteiger partial charge in [0.05, 0.1) is 4.90 Å². The van der Waals surface area contributed by atoms with Gasteiger partial charge in [0.1, 0.15) is 6.04 Å². The molecular weight excluding hydrogens is 458 g/mol. The molecule has 0 spiro atoms. The highest BCUT2D eigenvalue weighted by atomic mass is 35.5. The number of benzene rings is 2. The summed E-state index contributed by atoms with van der Waals surface area (Å²) in [5, 5.41) is 5.73. The van der Waals surface area contributed by atoms with Crippen LogP contribution in [0.5, 0.6) is 0 Å². The average molecular weight is 482 g/mol. The fourth-order valence-corrected chi connectivity index (χ4v) is 4.03. The third-order valence-electron chi connectivity index (χ3n) is 4.14. The summed E-state index contributed by atoms with van der Waals surface area (Å²) in [5.74, 6) is -1.69. The first-order valence-electron chi connectivity index (χ1n) is 9.64. The van der Waals surface area contributed by atoms with Crippen LogP contribution >= 0.6 is 11.6 Å².